The largest absolute Gasteiger partial charge is 0.490 e. The minimum atomic E-state index is -0.410. The third-order valence-corrected chi connectivity index (χ3v) is 3.03. The van der Waals surface area contributed by atoms with Gasteiger partial charge in [0.25, 0.3) is 0 Å². The molecule has 1 saturated heterocycles. The third kappa shape index (κ3) is 3.38. The number of hydrogen-bond acceptors (Lipinski definition) is 5. The molecule has 1 atom stereocenters. The van der Waals surface area contributed by atoms with Crippen LogP contribution < -0.4 is 10.5 Å². The van der Waals surface area contributed by atoms with Crippen molar-refractivity contribution in [2.45, 2.75) is 13.3 Å². The first-order valence-electron chi connectivity index (χ1n) is 6.48. The number of anilines is 1. The van der Waals surface area contributed by atoms with Gasteiger partial charge in [0.15, 0.2) is 5.75 Å². The van der Waals surface area contributed by atoms with Crippen LogP contribution in [0.25, 0.3) is 0 Å². The molecule has 0 bridgehead atoms. The molecule has 2 N–H and O–H groups in total. The van der Waals surface area contributed by atoms with Gasteiger partial charge in [-0.2, -0.15) is 0 Å². The minimum Gasteiger partial charge on any atom is -0.490 e. The number of carbonyl (C=O) groups is 1. The van der Waals surface area contributed by atoms with Gasteiger partial charge in [0.2, 0.25) is 0 Å². The van der Waals surface area contributed by atoms with Crippen molar-refractivity contribution in [3.8, 4) is 5.75 Å². The van der Waals surface area contributed by atoms with Crippen LogP contribution in [-0.2, 0) is 9.47 Å². The highest BCUT2D eigenvalue weighted by Crippen LogP contribution is 2.28. The number of rotatable bonds is 5. The van der Waals surface area contributed by atoms with Gasteiger partial charge in [-0.1, -0.05) is 6.07 Å². The predicted octanol–water partition coefficient (Wildman–Crippen LogP) is 1.86. The molecule has 0 amide bonds. The Balaban J connectivity index is 2.10. The number of carbonyl (C=O) groups excluding carboxylic acids is 1. The number of nitrogen functional groups attached to an aromatic ring is 1. The van der Waals surface area contributed by atoms with E-state index in [0.717, 1.165) is 13.0 Å². The van der Waals surface area contributed by atoms with E-state index in [1.165, 1.54) is 0 Å². The first kappa shape index (κ1) is 13.7. The van der Waals surface area contributed by atoms with E-state index >= 15 is 0 Å². The first-order chi connectivity index (χ1) is 9.22. The third-order valence-electron chi connectivity index (χ3n) is 3.03. The summed E-state index contributed by atoms with van der Waals surface area (Å²) in [7, 11) is 0. The van der Waals surface area contributed by atoms with Crippen molar-refractivity contribution in [1.82, 2.24) is 0 Å². The lowest BCUT2D eigenvalue weighted by Crippen LogP contribution is -2.15. The zero-order chi connectivity index (χ0) is 13.7. The van der Waals surface area contributed by atoms with Crippen LogP contribution in [0.1, 0.15) is 23.7 Å². The summed E-state index contributed by atoms with van der Waals surface area (Å²) in [5.74, 6) is 0.356. The molecule has 1 aromatic carbocycles. The second kappa shape index (κ2) is 6.43. The lowest BCUT2D eigenvalue weighted by Gasteiger charge is -2.15. The van der Waals surface area contributed by atoms with E-state index in [9.17, 15) is 4.79 Å². The Hall–Kier alpha value is -1.75. The lowest BCUT2D eigenvalue weighted by atomic mass is 10.1. The molecule has 1 aliphatic heterocycles. The summed E-state index contributed by atoms with van der Waals surface area (Å²) in [4.78, 5) is 11.8. The summed E-state index contributed by atoms with van der Waals surface area (Å²) in [5, 5.41) is 0. The van der Waals surface area contributed by atoms with E-state index in [0.29, 0.717) is 42.7 Å². The van der Waals surface area contributed by atoms with E-state index in [4.69, 9.17) is 19.9 Å². The molecule has 1 unspecified atom stereocenters. The van der Waals surface area contributed by atoms with E-state index < -0.39 is 5.97 Å². The maximum Gasteiger partial charge on any atom is 0.341 e. The van der Waals surface area contributed by atoms with Gasteiger partial charge in [-0.3, -0.25) is 0 Å². The van der Waals surface area contributed by atoms with Gasteiger partial charge in [-0.15, -0.1) is 0 Å². The molecule has 0 aromatic heterocycles. The highest BCUT2D eigenvalue weighted by Gasteiger charge is 2.20. The molecule has 104 valence electrons. The van der Waals surface area contributed by atoms with Crippen molar-refractivity contribution in [3.05, 3.63) is 23.8 Å². The average Bonchev–Trinajstić information content (AvgIpc) is 2.90. The van der Waals surface area contributed by atoms with Crippen LogP contribution in [0.5, 0.6) is 5.75 Å². The average molecular weight is 265 g/mol. The van der Waals surface area contributed by atoms with Crippen molar-refractivity contribution in [1.29, 1.82) is 0 Å². The topological polar surface area (TPSA) is 70.8 Å². The monoisotopic (exact) mass is 265 g/mol. The number of para-hydroxylation sites is 1. The standard InChI is InChI=1S/C14H19NO4/c1-2-18-14(16)11-4-3-5-12(15)13(11)19-9-10-6-7-17-8-10/h3-5,10H,2,6-9,15H2,1H3. The molecule has 1 aliphatic rings. The summed E-state index contributed by atoms with van der Waals surface area (Å²) in [6.07, 6.45) is 0.974. The van der Waals surface area contributed by atoms with E-state index in [2.05, 4.69) is 0 Å². The zero-order valence-electron chi connectivity index (χ0n) is 11.1. The lowest BCUT2D eigenvalue weighted by molar-refractivity contribution is 0.0521. The van der Waals surface area contributed by atoms with E-state index in [1.54, 1.807) is 25.1 Å². The maximum atomic E-state index is 11.8. The van der Waals surface area contributed by atoms with Crippen LogP contribution in [0.2, 0.25) is 0 Å². The molecule has 0 aliphatic carbocycles. The Morgan fingerprint density at radius 2 is 2.37 bits per heavy atom. The molecule has 1 aromatic rings. The molecule has 19 heavy (non-hydrogen) atoms. The normalized spacial score (nSPS) is 18.3. The molecular weight excluding hydrogens is 246 g/mol. The molecule has 1 heterocycles. The summed E-state index contributed by atoms with van der Waals surface area (Å²) in [6.45, 7) is 4.05. The summed E-state index contributed by atoms with van der Waals surface area (Å²) >= 11 is 0. The molecule has 0 spiro atoms. The van der Waals surface area contributed by atoms with Gasteiger partial charge in [0, 0.05) is 12.5 Å². The fourth-order valence-corrected chi connectivity index (χ4v) is 2.00. The number of hydrogen-bond donors (Lipinski definition) is 1. The maximum absolute atomic E-state index is 11.8. The van der Waals surface area contributed by atoms with Crippen LogP contribution >= 0.6 is 0 Å². The van der Waals surface area contributed by atoms with Crippen molar-refractivity contribution < 1.29 is 19.0 Å². The first-order valence-corrected chi connectivity index (χ1v) is 6.48. The fourth-order valence-electron chi connectivity index (χ4n) is 2.00. The molecular formula is C14H19NO4. The van der Waals surface area contributed by atoms with Crippen LogP contribution in [0.3, 0.4) is 0 Å². The van der Waals surface area contributed by atoms with Crippen molar-refractivity contribution in [2.75, 3.05) is 32.2 Å². The molecule has 0 saturated carbocycles. The highest BCUT2D eigenvalue weighted by molar-refractivity contribution is 5.94. The van der Waals surface area contributed by atoms with Crippen LogP contribution in [-0.4, -0.2) is 32.4 Å². The van der Waals surface area contributed by atoms with Crippen LogP contribution in [0.4, 0.5) is 5.69 Å². The quantitative estimate of drug-likeness (QED) is 0.650. The molecule has 5 heteroatoms. The minimum absolute atomic E-state index is 0.323. The Labute approximate surface area is 112 Å². The molecule has 0 radical (unpaired) electrons. The van der Waals surface area contributed by atoms with Gasteiger partial charge < -0.3 is 19.9 Å². The van der Waals surface area contributed by atoms with Gasteiger partial charge in [0.05, 0.1) is 25.5 Å². The Morgan fingerprint density at radius 3 is 3.05 bits per heavy atom. The number of benzene rings is 1. The Bertz CT molecular complexity index is 441. The highest BCUT2D eigenvalue weighted by atomic mass is 16.5. The van der Waals surface area contributed by atoms with Gasteiger partial charge in [0.1, 0.15) is 5.56 Å². The number of ether oxygens (including phenoxy) is 3. The number of nitrogens with two attached hydrogens (primary N) is 1. The molecule has 5 nitrogen and oxygen atoms in total. The molecule has 2 rings (SSSR count). The second-order valence-corrected chi connectivity index (χ2v) is 4.49. The van der Waals surface area contributed by atoms with Gasteiger partial charge in [-0.25, -0.2) is 4.79 Å². The van der Waals surface area contributed by atoms with Crippen LogP contribution in [0.15, 0.2) is 18.2 Å². The van der Waals surface area contributed by atoms with Crippen molar-refractivity contribution >= 4 is 11.7 Å². The SMILES string of the molecule is CCOC(=O)c1cccc(N)c1OCC1CCOC1. The van der Waals surface area contributed by atoms with Gasteiger partial charge >= 0.3 is 5.97 Å². The van der Waals surface area contributed by atoms with Gasteiger partial charge in [-0.05, 0) is 25.5 Å². The zero-order valence-corrected chi connectivity index (χ0v) is 11.1. The number of esters is 1. The van der Waals surface area contributed by atoms with Crippen molar-refractivity contribution in [3.63, 3.8) is 0 Å². The smallest absolute Gasteiger partial charge is 0.341 e. The summed E-state index contributed by atoms with van der Waals surface area (Å²) in [6, 6.07) is 5.09. The summed E-state index contributed by atoms with van der Waals surface area (Å²) < 4.78 is 16.0. The Kier molecular flexibility index (Phi) is 4.63. The van der Waals surface area contributed by atoms with E-state index in [1.807, 2.05) is 0 Å². The Morgan fingerprint density at radius 1 is 1.53 bits per heavy atom. The fraction of sp³-hybridized carbons (Fsp3) is 0.500. The van der Waals surface area contributed by atoms with E-state index in [-0.39, 0.29) is 0 Å². The second-order valence-electron chi connectivity index (χ2n) is 4.49. The van der Waals surface area contributed by atoms with Crippen molar-refractivity contribution in [2.24, 2.45) is 5.92 Å². The summed E-state index contributed by atoms with van der Waals surface area (Å²) in [5.41, 5.74) is 6.70. The molecule has 1 fully saturated rings. The van der Waals surface area contributed by atoms with Crippen LogP contribution in [0, 0.1) is 5.92 Å². The predicted molar refractivity (Wildman–Crippen MR) is 71.2 cm³/mol.